The fourth-order valence-electron chi connectivity index (χ4n) is 2.05. The van der Waals surface area contributed by atoms with E-state index in [1.165, 1.54) is 45.3 Å². The minimum absolute atomic E-state index is 0.727. The molecule has 1 aliphatic carbocycles. The summed E-state index contributed by atoms with van der Waals surface area (Å²) in [4.78, 5) is 2.59. The smallest absolute Gasteiger partial charge is 0.0107 e. The summed E-state index contributed by atoms with van der Waals surface area (Å²) in [7, 11) is 0. The Morgan fingerprint density at radius 2 is 1.87 bits per heavy atom. The van der Waals surface area contributed by atoms with Crippen LogP contribution < -0.4 is 5.32 Å². The predicted octanol–water partition coefficient (Wildman–Crippen LogP) is 2.50. The molecule has 0 aliphatic heterocycles. The third kappa shape index (κ3) is 5.53. The van der Waals surface area contributed by atoms with Gasteiger partial charge < -0.3 is 10.2 Å². The summed E-state index contributed by atoms with van der Waals surface area (Å²) in [6, 6.07) is 0.727. The minimum atomic E-state index is 0.727. The number of rotatable bonds is 9. The van der Waals surface area contributed by atoms with Crippen molar-refractivity contribution in [2.45, 2.75) is 52.5 Å². The first-order chi connectivity index (χ1) is 7.30. The van der Waals surface area contributed by atoms with Gasteiger partial charge in [-0.25, -0.2) is 0 Å². The lowest BCUT2D eigenvalue weighted by molar-refractivity contribution is 0.270. The maximum absolute atomic E-state index is 3.64. The van der Waals surface area contributed by atoms with E-state index in [1.54, 1.807) is 0 Å². The molecule has 1 aliphatic rings. The summed E-state index contributed by atoms with van der Waals surface area (Å²) in [5, 5.41) is 3.64. The quantitative estimate of drug-likeness (QED) is 0.632. The van der Waals surface area contributed by atoms with Crippen molar-refractivity contribution in [3.8, 4) is 0 Å². The van der Waals surface area contributed by atoms with Crippen molar-refractivity contribution in [3.63, 3.8) is 0 Å². The van der Waals surface area contributed by atoms with Gasteiger partial charge in [-0.1, -0.05) is 20.8 Å². The van der Waals surface area contributed by atoms with Crippen LogP contribution in [0.25, 0.3) is 0 Å². The molecule has 1 rings (SSSR count). The summed E-state index contributed by atoms with van der Waals surface area (Å²) < 4.78 is 0. The molecule has 1 N–H and O–H groups in total. The summed E-state index contributed by atoms with van der Waals surface area (Å²) >= 11 is 0. The van der Waals surface area contributed by atoms with Gasteiger partial charge in [0.25, 0.3) is 0 Å². The summed E-state index contributed by atoms with van der Waals surface area (Å²) in [5.41, 5.74) is 0. The van der Waals surface area contributed by atoms with Crippen LogP contribution in [0.3, 0.4) is 0 Å². The van der Waals surface area contributed by atoms with Crippen LogP contribution in [0.4, 0.5) is 0 Å². The second-order valence-corrected chi connectivity index (χ2v) is 4.80. The molecule has 0 radical (unpaired) electrons. The third-order valence-corrected chi connectivity index (χ3v) is 3.51. The molecule has 0 bridgehead atoms. The Balaban J connectivity index is 2.04. The minimum Gasteiger partial charge on any atom is -0.313 e. The van der Waals surface area contributed by atoms with Gasteiger partial charge in [-0.15, -0.1) is 0 Å². The highest BCUT2D eigenvalue weighted by molar-refractivity contribution is 4.77. The monoisotopic (exact) mass is 212 g/mol. The van der Waals surface area contributed by atoms with E-state index in [-0.39, 0.29) is 0 Å². The van der Waals surface area contributed by atoms with E-state index in [0.717, 1.165) is 18.5 Å². The molecule has 0 aromatic carbocycles. The van der Waals surface area contributed by atoms with Crippen LogP contribution in [0.15, 0.2) is 0 Å². The van der Waals surface area contributed by atoms with Gasteiger partial charge in [0.05, 0.1) is 0 Å². The molecule has 2 nitrogen and oxygen atoms in total. The maximum Gasteiger partial charge on any atom is 0.0107 e. The molecule has 1 fully saturated rings. The molecule has 1 saturated carbocycles. The van der Waals surface area contributed by atoms with Crippen LogP contribution in [0.1, 0.15) is 46.5 Å². The molecule has 90 valence electrons. The first kappa shape index (κ1) is 13.0. The largest absolute Gasteiger partial charge is 0.313 e. The van der Waals surface area contributed by atoms with Gasteiger partial charge in [0.2, 0.25) is 0 Å². The molecule has 0 aromatic heterocycles. The van der Waals surface area contributed by atoms with Gasteiger partial charge in [-0.2, -0.15) is 0 Å². The highest BCUT2D eigenvalue weighted by Gasteiger charge is 2.23. The molecule has 0 atom stereocenters. The summed E-state index contributed by atoms with van der Waals surface area (Å²) in [6.07, 6.45) is 5.45. The molecule has 0 spiro atoms. The van der Waals surface area contributed by atoms with Crippen molar-refractivity contribution in [2.24, 2.45) is 5.92 Å². The third-order valence-electron chi connectivity index (χ3n) is 3.51. The Kier molecular flexibility index (Phi) is 6.26. The van der Waals surface area contributed by atoms with Gasteiger partial charge in [-0.05, 0) is 38.1 Å². The summed E-state index contributed by atoms with van der Waals surface area (Å²) in [6.45, 7) is 11.7. The normalized spacial score (nSPS) is 16.6. The van der Waals surface area contributed by atoms with Crippen LogP contribution in [-0.4, -0.2) is 37.1 Å². The van der Waals surface area contributed by atoms with Gasteiger partial charge in [0, 0.05) is 25.7 Å². The summed E-state index contributed by atoms with van der Waals surface area (Å²) in [5.74, 6) is 1.03. The molecular formula is C13H28N2. The average Bonchev–Trinajstić information content (AvgIpc) is 3.06. The van der Waals surface area contributed by atoms with Gasteiger partial charge >= 0.3 is 0 Å². The second-order valence-electron chi connectivity index (χ2n) is 4.80. The van der Waals surface area contributed by atoms with Crippen LogP contribution in [0.2, 0.25) is 0 Å². The first-order valence-electron chi connectivity index (χ1n) is 6.75. The first-order valence-corrected chi connectivity index (χ1v) is 6.75. The SMILES string of the molecule is CCC(CC)NCCN(CC)CC1CC1. The second kappa shape index (κ2) is 7.24. The topological polar surface area (TPSA) is 15.3 Å². The molecule has 0 saturated heterocycles. The molecule has 2 heteroatoms. The highest BCUT2D eigenvalue weighted by Crippen LogP contribution is 2.29. The fourth-order valence-corrected chi connectivity index (χ4v) is 2.05. The van der Waals surface area contributed by atoms with E-state index in [4.69, 9.17) is 0 Å². The average molecular weight is 212 g/mol. The van der Waals surface area contributed by atoms with E-state index in [1.807, 2.05) is 0 Å². The number of hydrogen-bond acceptors (Lipinski definition) is 2. The Labute approximate surface area is 95.4 Å². The van der Waals surface area contributed by atoms with Gasteiger partial charge in [0.1, 0.15) is 0 Å². The molecule has 15 heavy (non-hydrogen) atoms. The zero-order valence-corrected chi connectivity index (χ0v) is 10.8. The van der Waals surface area contributed by atoms with Crippen molar-refractivity contribution < 1.29 is 0 Å². The maximum atomic E-state index is 3.64. The van der Waals surface area contributed by atoms with Crippen LogP contribution in [0, 0.1) is 5.92 Å². The Hall–Kier alpha value is -0.0800. The molecular weight excluding hydrogens is 184 g/mol. The number of nitrogens with zero attached hydrogens (tertiary/aromatic N) is 1. The van der Waals surface area contributed by atoms with Gasteiger partial charge in [-0.3, -0.25) is 0 Å². The van der Waals surface area contributed by atoms with Crippen molar-refractivity contribution in [1.29, 1.82) is 0 Å². The van der Waals surface area contributed by atoms with Crippen molar-refractivity contribution in [1.82, 2.24) is 10.2 Å². The van der Waals surface area contributed by atoms with Gasteiger partial charge in [0.15, 0.2) is 0 Å². The lowest BCUT2D eigenvalue weighted by Gasteiger charge is -2.22. The van der Waals surface area contributed by atoms with Crippen molar-refractivity contribution in [3.05, 3.63) is 0 Å². The van der Waals surface area contributed by atoms with Crippen LogP contribution >= 0.6 is 0 Å². The van der Waals surface area contributed by atoms with E-state index < -0.39 is 0 Å². The van der Waals surface area contributed by atoms with E-state index in [0.29, 0.717) is 0 Å². The highest BCUT2D eigenvalue weighted by atomic mass is 15.1. The number of hydrogen-bond donors (Lipinski definition) is 1. The lowest BCUT2D eigenvalue weighted by atomic mass is 10.2. The standard InChI is InChI=1S/C13H28N2/c1-4-13(5-2)14-9-10-15(6-3)11-12-7-8-12/h12-14H,4-11H2,1-3H3. The Morgan fingerprint density at radius 3 is 2.33 bits per heavy atom. The molecule has 0 aromatic rings. The number of likely N-dealkylation sites (N-methyl/N-ethyl adjacent to an activating group) is 1. The van der Waals surface area contributed by atoms with Crippen LogP contribution in [-0.2, 0) is 0 Å². The van der Waals surface area contributed by atoms with Crippen LogP contribution in [0.5, 0.6) is 0 Å². The van der Waals surface area contributed by atoms with E-state index in [2.05, 4.69) is 31.0 Å². The van der Waals surface area contributed by atoms with Crippen molar-refractivity contribution >= 4 is 0 Å². The lowest BCUT2D eigenvalue weighted by Crippen LogP contribution is -2.37. The number of nitrogens with one attached hydrogen (secondary N) is 1. The van der Waals surface area contributed by atoms with Crippen molar-refractivity contribution in [2.75, 3.05) is 26.2 Å². The molecule has 0 heterocycles. The van der Waals surface area contributed by atoms with E-state index >= 15 is 0 Å². The zero-order valence-electron chi connectivity index (χ0n) is 10.8. The molecule has 0 unspecified atom stereocenters. The van der Waals surface area contributed by atoms with E-state index in [9.17, 15) is 0 Å². The Bertz CT molecular complexity index is 151. The zero-order chi connectivity index (χ0) is 11.1. The molecule has 0 amide bonds. The Morgan fingerprint density at radius 1 is 1.20 bits per heavy atom. The fraction of sp³-hybridized carbons (Fsp3) is 1.00. The predicted molar refractivity (Wildman–Crippen MR) is 67.2 cm³/mol.